The van der Waals surface area contributed by atoms with Gasteiger partial charge in [-0.25, -0.2) is 23.5 Å². The molecule has 0 amide bonds. The van der Waals surface area contributed by atoms with E-state index < -0.39 is 0 Å². The molecular formula is C16H17N3O2. The molecule has 0 aromatic carbocycles. The topological polar surface area (TPSA) is 48.9 Å². The molecule has 2 fully saturated rings. The van der Waals surface area contributed by atoms with Crippen LogP contribution in [0.3, 0.4) is 0 Å². The van der Waals surface area contributed by atoms with Crippen molar-refractivity contribution >= 4 is 0 Å². The van der Waals surface area contributed by atoms with E-state index in [0.29, 0.717) is 5.41 Å². The van der Waals surface area contributed by atoms with Crippen molar-refractivity contribution in [2.75, 3.05) is 0 Å². The number of hydrogen-bond acceptors (Lipinski definition) is 2. The summed E-state index contributed by atoms with van der Waals surface area (Å²) >= 11 is 0. The van der Waals surface area contributed by atoms with Gasteiger partial charge in [0, 0.05) is 17.9 Å². The van der Waals surface area contributed by atoms with Crippen LogP contribution >= 0.6 is 0 Å². The fourth-order valence-electron chi connectivity index (χ4n) is 5.98. The minimum Gasteiger partial charge on any atom is -0.246 e. The van der Waals surface area contributed by atoms with Gasteiger partial charge in [0.05, 0.1) is 12.1 Å². The van der Waals surface area contributed by atoms with Gasteiger partial charge in [0.25, 0.3) is 0 Å². The zero-order chi connectivity index (χ0) is 14.2. The number of rotatable bonds is 0. The standard InChI is InChI=1S/C16H17N3O2/c1-17-12(20)18-10-2-3-11(19(18)13(17)21)16-7-6-15(10,16)8-14(9-16)4-5-14/h2-3,6-7,10-11H,4-5,8-9H2,1H3/t10-,11+,15-,16+. The van der Waals surface area contributed by atoms with Crippen molar-refractivity contribution in [1.82, 2.24) is 13.9 Å². The van der Waals surface area contributed by atoms with Gasteiger partial charge in [-0.15, -0.1) is 0 Å². The Kier molecular flexibility index (Phi) is 1.37. The van der Waals surface area contributed by atoms with Crippen molar-refractivity contribution in [2.24, 2.45) is 23.3 Å². The van der Waals surface area contributed by atoms with Gasteiger partial charge in [-0.05, 0) is 31.1 Å². The molecule has 4 atom stereocenters. The molecule has 1 aromatic heterocycles. The van der Waals surface area contributed by atoms with Gasteiger partial charge < -0.3 is 0 Å². The van der Waals surface area contributed by atoms with Gasteiger partial charge >= 0.3 is 11.4 Å². The van der Waals surface area contributed by atoms with Gasteiger partial charge in [-0.1, -0.05) is 24.3 Å². The summed E-state index contributed by atoms with van der Waals surface area (Å²) in [4.78, 5) is 25.0. The Hall–Kier alpha value is -1.78. The average molecular weight is 283 g/mol. The summed E-state index contributed by atoms with van der Waals surface area (Å²) in [7, 11) is 1.59. The highest BCUT2D eigenvalue weighted by Crippen LogP contribution is 2.82. The quantitative estimate of drug-likeness (QED) is 0.670. The third-order valence-electron chi connectivity index (χ3n) is 7.09. The van der Waals surface area contributed by atoms with Crippen LogP contribution in [0.25, 0.3) is 0 Å². The third-order valence-corrected chi connectivity index (χ3v) is 7.09. The van der Waals surface area contributed by atoms with Gasteiger partial charge in [-0.3, -0.25) is 0 Å². The molecule has 2 bridgehead atoms. The molecular weight excluding hydrogens is 266 g/mol. The largest absolute Gasteiger partial charge is 0.347 e. The van der Waals surface area contributed by atoms with Crippen LogP contribution in [0, 0.1) is 16.2 Å². The van der Waals surface area contributed by atoms with E-state index in [1.807, 2.05) is 0 Å². The molecule has 5 nitrogen and oxygen atoms in total. The van der Waals surface area contributed by atoms with Gasteiger partial charge in [0.15, 0.2) is 0 Å². The first-order valence-corrected chi connectivity index (χ1v) is 7.83. The zero-order valence-electron chi connectivity index (χ0n) is 12.0. The second-order valence-electron chi connectivity index (χ2n) is 7.86. The Balaban J connectivity index is 1.72. The van der Waals surface area contributed by atoms with Crippen LogP contribution in [0.15, 0.2) is 33.9 Å². The molecule has 0 saturated heterocycles. The van der Waals surface area contributed by atoms with E-state index >= 15 is 0 Å². The Bertz CT molecular complexity index is 828. The smallest absolute Gasteiger partial charge is 0.246 e. The summed E-state index contributed by atoms with van der Waals surface area (Å²) in [6.07, 6.45) is 14.1. The molecule has 0 N–H and O–H groups in total. The molecule has 1 spiro atoms. The maximum absolute atomic E-state index is 12.5. The van der Waals surface area contributed by atoms with E-state index in [1.165, 1.54) is 30.3 Å². The SMILES string of the molecule is Cn1c(=O)n2n(c1=O)[C@@H]1C=C[C@H]2[C@@]23C=C[C@@]12CC1(CC1)C3. The first-order valence-electron chi connectivity index (χ1n) is 7.83. The van der Waals surface area contributed by atoms with E-state index in [-0.39, 0.29) is 34.3 Å². The molecule has 2 aliphatic heterocycles. The molecule has 108 valence electrons. The average Bonchev–Trinajstić information content (AvgIpc) is 3.12. The Morgan fingerprint density at radius 3 is 1.81 bits per heavy atom. The van der Waals surface area contributed by atoms with Crippen LogP contribution in [0.5, 0.6) is 0 Å². The van der Waals surface area contributed by atoms with Crippen LogP contribution in [0.4, 0.5) is 0 Å². The second kappa shape index (κ2) is 2.64. The minimum absolute atomic E-state index is 0.0221. The molecule has 0 unspecified atom stereocenters. The molecule has 0 radical (unpaired) electrons. The first kappa shape index (κ1) is 10.9. The monoisotopic (exact) mass is 283 g/mol. The van der Waals surface area contributed by atoms with E-state index in [9.17, 15) is 9.59 Å². The number of hydrogen-bond donors (Lipinski definition) is 0. The van der Waals surface area contributed by atoms with E-state index in [0.717, 1.165) is 0 Å². The van der Waals surface area contributed by atoms with E-state index in [4.69, 9.17) is 0 Å². The number of nitrogens with zero attached hydrogens (tertiary/aromatic N) is 3. The fraction of sp³-hybridized carbons (Fsp3) is 0.625. The predicted octanol–water partition coefficient (Wildman–Crippen LogP) is 1.13. The lowest BCUT2D eigenvalue weighted by Gasteiger charge is -2.61. The molecule has 21 heavy (non-hydrogen) atoms. The zero-order valence-corrected chi connectivity index (χ0v) is 12.0. The van der Waals surface area contributed by atoms with Crippen LogP contribution in [0.2, 0.25) is 0 Å². The van der Waals surface area contributed by atoms with Crippen molar-refractivity contribution in [3.8, 4) is 0 Å². The van der Waals surface area contributed by atoms with Gasteiger partial charge in [0.2, 0.25) is 0 Å². The predicted molar refractivity (Wildman–Crippen MR) is 76.1 cm³/mol. The molecule has 6 aliphatic rings. The van der Waals surface area contributed by atoms with Crippen LogP contribution in [0.1, 0.15) is 37.8 Å². The molecule has 1 aromatic rings. The maximum Gasteiger partial charge on any atom is 0.347 e. The summed E-state index contributed by atoms with van der Waals surface area (Å²) in [5.41, 5.74) is 0.324. The molecule has 7 rings (SSSR count). The third kappa shape index (κ3) is 0.825. The van der Waals surface area contributed by atoms with Gasteiger partial charge in [0.1, 0.15) is 0 Å². The summed E-state index contributed by atoms with van der Waals surface area (Å²) in [6, 6.07) is 0.0442. The Labute approximate surface area is 121 Å². The maximum atomic E-state index is 12.5. The molecule has 3 heterocycles. The molecule has 5 heteroatoms. The highest BCUT2D eigenvalue weighted by atomic mass is 16.2. The van der Waals surface area contributed by atoms with Crippen LogP contribution in [-0.4, -0.2) is 13.9 Å². The second-order valence-corrected chi connectivity index (χ2v) is 7.86. The molecule has 2 saturated carbocycles. The summed E-state index contributed by atoms with van der Waals surface area (Å²) in [5.74, 6) is 0. The number of aromatic nitrogens is 3. The summed E-state index contributed by atoms with van der Waals surface area (Å²) in [5, 5.41) is 0. The van der Waals surface area contributed by atoms with Gasteiger partial charge in [-0.2, -0.15) is 0 Å². The van der Waals surface area contributed by atoms with Crippen molar-refractivity contribution in [2.45, 2.75) is 37.8 Å². The van der Waals surface area contributed by atoms with Crippen molar-refractivity contribution in [1.29, 1.82) is 0 Å². The summed E-state index contributed by atoms with van der Waals surface area (Å²) < 4.78 is 4.72. The summed E-state index contributed by atoms with van der Waals surface area (Å²) in [6.45, 7) is 0. The highest BCUT2D eigenvalue weighted by molar-refractivity contribution is 5.44. The Morgan fingerprint density at radius 1 is 0.952 bits per heavy atom. The van der Waals surface area contributed by atoms with Crippen LogP contribution < -0.4 is 11.4 Å². The lowest BCUT2D eigenvalue weighted by atomic mass is 9.48. The normalized spacial score (nSPS) is 45.4. The van der Waals surface area contributed by atoms with Crippen molar-refractivity contribution in [3.05, 3.63) is 45.3 Å². The van der Waals surface area contributed by atoms with Crippen LogP contribution in [-0.2, 0) is 7.05 Å². The van der Waals surface area contributed by atoms with E-state index in [1.54, 1.807) is 16.4 Å². The number of allylic oxidation sites excluding steroid dienone is 4. The minimum atomic E-state index is -0.167. The lowest BCUT2D eigenvalue weighted by molar-refractivity contribution is -0.0229. The molecule has 4 aliphatic carbocycles. The van der Waals surface area contributed by atoms with Crippen molar-refractivity contribution in [3.63, 3.8) is 0 Å². The highest BCUT2D eigenvalue weighted by Gasteiger charge is 2.76. The van der Waals surface area contributed by atoms with E-state index in [2.05, 4.69) is 24.3 Å². The Morgan fingerprint density at radius 2 is 1.43 bits per heavy atom. The fourth-order valence-corrected chi connectivity index (χ4v) is 5.98. The lowest BCUT2D eigenvalue weighted by Crippen LogP contribution is -2.61. The van der Waals surface area contributed by atoms with Crippen molar-refractivity contribution < 1.29 is 0 Å². The first-order chi connectivity index (χ1) is 10.0.